The molecule has 0 aliphatic heterocycles. The first kappa shape index (κ1) is 21.2. The SMILES string of the molecule is C=CCC(Sc1ccccc1)C(=O)CCCO[Si](C)(C)C(C)(C)C. The van der Waals surface area contributed by atoms with Gasteiger partial charge in [0, 0.05) is 17.9 Å². The van der Waals surface area contributed by atoms with E-state index >= 15 is 0 Å². The van der Waals surface area contributed by atoms with Crippen LogP contribution >= 0.6 is 11.8 Å². The van der Waals surface area contributed by atoms with Gasteiger partial charge in [0.05, 0.1) is 5.25 Å². The first-order chi connectivity index (χ1) is 11.2. The molecule has 0 saturated carbocycles. The third-order valence-corrected chi connectivity index (χ3v) is 10.4. The first-order valence-electron chi connectivity index (χ1n) is 8.66. The molecule has 24 heavy (non-hydrogen) atoms. The molecule has 1 unspecified atom stereocenters. The van der Waals surface area contributed by atoms with E-state index in [1.165, 1.54) is 0 Å². The number of thioether (sulfide) groups is 1. The highest BCUT2D eigenvalue weighted by atomic mass is 32.2. The maximum absolute atomic E-state index is 12.5. The molecular weight excluding hydrogens is 332 g/mol. The van der Waals surface area contributed by atoms with E-state index in [0.717, 1.165) is 11.3 Å². The Morgan fingerprint density at radius 2 is 1.92 bits per heavy atom. The van der Waals surface area contributed by atoms with Crippen molar-refractivity contribution < 1.29 is 9.22 Å². The van der Waals surface area contributed by atoms with Crippen molar-refractivity contribution in [2.24, 2.45) is 0 Å². The fraction of sp³-hybridized carbons (Fsp3) is 0.550. The number of hydrogen-bond donors (Lipinski definition) is 0. The molecule has 0 aliphatic carbocycles. The second kappa shape index (κ2) is 9.59. The monoisotopic (exact) mass is 364 g/mol. The standard InChI is InChI=1S/C20H32O2SSi/c1-7-12-19(23-17-13-9-8-10-14-17)18(21)15-11-16-22-24(5,6)20(2,3)4/h7-10,13-14,19H,1,11-12,15-16H2,2-6H3. The van der Waals surface area contributed by atoms with Gasteiger partial charge in [-0.3, -0.25) is 4.79 Å². The van der Waals surface area contributed by atoms with Crippen LogP contribution in [0.5, 0.6) is 0 Å². The molecule has 0 radical (unpaired) electrons. The zero-order valence-electron chi connectivity index (χ0n) is 15.8. The van der Waals surface area contributed by atoms with E-state index in [9.17, 15) is 4.79 Å². The van der Waals surface area contributed by atoms with E-state index in [2.05, 4.69) is 52.6 Å². The summed E-state index contributed by atoms with van der Waals surface area (Å²) in [7, 11) is -1.71. The molecule has 134 valence electrons. The number of carbonyl (C=O) groups excluding carboxylic acids is 1. The third kappa shape index (κ3) is 6.95. The largest absolute Gasteiger partial charge is 0.417 e. The van der Waals surface area contributed by atoms with Gasteiger partial charge < -0.3 is 4.43 Å². The maximum atomic E-state index is 12.5. The van der Waals surface area contributed by atoms with Gasteiger partial charge in [-0.15, -0.1) is 18.3 Å². The van der Waals surface area contributed by atoms with E-state index in [1.807, 2.05) is 24.3 Å². The van der Waals surface area contributed by atoms with Gasteiger partial charge in [0.15, 0.2) is 8.32 Å². The summed E-state index contributed by atoms with van der Waals surface area (Å²) in [6, 6.07) is 10.1. The van der Waals surface area contributed by atoms with Crippen molar-refractivity contribution in [3.8, 4) is 0 Å². The molecule has 0 aromatic heterocycles. The number of carbonyl (C=O) groups is 1. The minimum atomic E-state index is -1.71. The van der Waals surface area contributed by atoms with Gasteiger partial charge in [0.25, 0.3) is 0 Å². The van der Waals surface area contributed by atoms with Crippen LogP contribution in [0.3, 0.4) is 0 Å². The lowest BCUT2D eigenvalue weighted by Crippen LogP contribution is -2.41. The minimum Gasteiger partial charge on any atom is -0.417 e. The lowest BCUT2D eigenvalue weighted by atomic mass is 10.1. The summed E-state index contributed by atoms with van der Waals surface area (Å²) < 4.78 is 6.16. The van der Waals surface area contributed by atoms with Gasteiger partial charge in [-0.2, -0.15) is 0 Å². The average molecular weight is 365 g/mol. The van der Waals surface area contributed by atoms with Gasteiger partial charge in [-0.25, -0.2) is 0 Å². The molecule has 2 nitrogen and oxygen atoms in total. The molecular formula is C20H32O2SSi. The number of rotatable bonds is 10. The average Bonchev–Trinajstić information content (AvgIpc) is 2.51. The van der Waals surface area contributed by atoms with Crippen LogP contribution in [0.25, 0.3) is 0 Å². The number of allylic oxidation sites excluding steroid dienone is 1. The number of ketones is 1. The van der Waals surface area contributed by atoms with Gasteiger partial charge in [0.2, 0.25) is 0 Å². The topological polar surface area (TPSA) is 26.3 Å². The Kier molecular flexibility index (Phi) is 8.47. The molecule has 0 spiro atoms. The van der Waals surface area contributed by atoms with E-state index in [1.54, 1.807) is 11.8 Å². The molecule has 0 saturated heterocycles. The molecule has 0 N–H and O–H groups in total. The molecule has 4 heteroatoms. The highest BCUT2D eigenvalue weighted by molar-refractivity contribution is 8.00. The van der Waals surface area contributed by atoms with Crippen molar-refractivity contribution in [1.82, 2.24) is 0 Å². The molecule has 0 bridgehead atoms. The quantitative estimate of drug-likeness (QED) is 0.217. The van der Waals surface area contributed by atoms with Gasteiger partial charge in [-0.05, 0) is 43.1 Å². The van der Waals surface area contributed by atoms with Crippen LogP contribution in [0.4, 0.5) is 0 Å². The van der Waals surface area contributed by atoms with Crippen LogP contribution in [0.15, 0.2) is 47.9 Å². The fourth-order valence-electron chi connectivity index (χ4n) is 2.01. The van der Waals surface area contributed by atoms with Gasteiger partial charge in [0.1, 0.15) is 5.78 Å². The Morgan fingerprint density at radius 3 is 2.46 bits per heavy atom. The Hall–Kier alpha value is -0.843. The third-order valence-electron chi connectivity index (χ3n) is 4.60. The second-order valence-corrected chi connectivity index (χ2v) is 13.7. The zero-order valence-corrected chi connectivity index (χ0v) is 17.6. The molecule has 0 fully saturated rings. The van der Waals surface area contributed by atoms with Crippen LogP contribution < -0.4 is 0 Å². The highest BCUT2D eigenvalue weighted by Crippen LogP contribution is 2.36. The molecule has 1 aromatic rings. The van der Waals surface area contributed by atoms with Crippen LogP contribution in [0.2, 0.25) is 18.1 Å². The van der Waals surface area contributed by atoms with E-state index in [-0.39, 0.29) is 10.3 Å². The summed E-state index contributed by atoms with van der Waals surface area (Å²) in [4.78, 5) is 13.7. The van der Waals surface area contributed by atoms with Crippen LogP contribution in [-0.2, 0) is 9.22 Å². The lowest BCUT2D eigenvalue weighted by molar-refractivity contribution is -0.118. The van der Waals surface area contributed by atoms with Crippen molar-refractivity contribution in [2.45, 2.75) is 68.3 Å². The Bertz CT molecular complexity index is 520. The van der Waals surface area contributed by atoms with E-state index < -0.39 is 8.32 Å². The maximum Gasteiger partial charge on any atom is 0.191 e. The normalized spacial score (nSPS) is 13.5. The predicted molar refractivity (Wildman–Crippen MR) is 108 cm³/mol. The van der Waals surface area contributed by atoms with Gasteiger partial charge in [-0.1, -0.05) is 45.0 Å². The lowest BCUT2D eigenvalue weighted by Gasteiger charge is -2.36. The summed E-state index contributed by atoms with van der Waals surface area (Å²) in [5.74, 6) is 0.294. The molecule has 0 heterocycles. The summed E-state index contributed by atoms with van der Waals surface area (Å²) >= 11 is 1.64. The Labute approximate surface area is 153 Å². The molecule has 0 aliphatic rings. The van der Waals surface area contributed by atoms with Crippen molar-refractivity contribution in [2.75, 3.05) is 6.61 Å². The molecule has 1 rings (SSSR count). The van der Waals surface area contributed by atoms with Crippen molar-refractivity contribution in [3.05, 3.63) is 43.0 Å². The predicted octanol–water partition coefficient (Wildman–Crippen LogP) is 6.09. The van der Waals surface area contributed by atoms with E-state index in [4.69, 9.17) is 4.43 Å². The van der Waals surface area contributed by atoms with Crippen LogP contribution in [-0.4, -0.2) is 26.0 Å². The summed E-state index contributed by atoms with van der Waals surface area (Å²) in [5, 5.41) is 0.170. The molecule has 1 aromatic carbocycles. The van der Waals surface area contributed by atoms with E-state index in [0.29, 0.717) is 25.2 Å². The first-order valence-corrected chi connectivity index (χ1v) is 12.5. The summed E-state index contributed by atoms with van der Waals surface area (Å²) in [6.07, 6.45) is 3.92. The zero-order chi connectivity index (χ0) is 18.2. The smallest absolute Gasteiger partial charge is 0.191 e. The van der Waals surface area contributed by atoms with Crippen molar-refractivity contribution in [3.63, 3.8) is 0 Å². The number of Topliss-reactive ketones (excluding diaryl/α,β-unsaturated/α-hetero) is 1. The molecule has 1 atom stereocenters. The summed E-state index contributed by atoms with van der Waals surface area (Å²) in [6.45, 7) is 15.7. The minimum absolute atomic E-state index is 0.0437. The van der Waals surface area contributed by atoms with Crippen LogP contribution in [0.1, 0.15) is 40.0 Å². The second-order valence-electron chi connectivity index (χ2n) is 7.62. The fourth-order valence-corrected chi connectivity index (χ4v) is 4.22. The van der Waals surface area contributed by atoms with Crippen molar-refractivity contribution >= 4 is 25.9 Å². The Balaban J connectivity index is 2.47. The molecule has 0 amide bonds. The highest BCUT2D eigenvalue weighted by Gasteiger charge is 2.36. The number of benzene rings is 1. The van der Waals surface area contributed by atoms with Crippen molar-refractivity contribution in [1.29, 1.82) is 0 Å². The Morgan fingerprint density at radius 1 is 1.29 bits per heavy atom. The summed E-state index contributed by atoms with van der Waals surface area (Å²) in [5.41, 5.74) is 0. The number of hydrogen-bond acceptors (Lipinski definition) is 3. The van der Waals surface area contributed by atoms with Gasteiger partial charge >= 0.3 is 0 Å². The van der Waals surface area contributed by atoms with Crippen LogP contribution in [0, 0.1) is 0 Å².